The number of para-hydroxylation sites is 1. The second-order valence-electron chi connectivity index (χ2n) is 7.43. The lowest BCUT2D eigenvalue weighted by Crippen LogP contribution is -2.48. The number of benzene rings is 2. The summed E-state index contributed by atoms with van der Waals surface area (Å²) in [7, 11) is 0. The fourth-order valence-electron chi connectivity index (χ4n) is 3.60. The third-order valence-electron chi connectivity index (χ3n) is 5.42. The summed E-state index contributed by atoms with van der Waals surface area (Å²) in [5.41, 5.74) is 8.05. The van der Waals surface area contributed by atoms with E-state index in [9.17, 15) is 4.79 Å². The molecule has 0 atom stereocenters. The minimum absolute atomic E-state index is 0.0483. The Bertz CT molecular complexity index is 865. The average molecular weight is 363 g/mol. The standard InChI is InChI=1S/C22H25N3O2/c1-16-7-9-18(10-8-16)20-15-22(27-24-20)11-13-25(14-12-22)21(26)23-19-6-4-3-5-17(19)2/h3-10,15,24H,11-14H2,1-2H3,(H,23,26). The zero-order chi connectivity index (χ0) is 18.9. The third kappa shape index (κ3) is 3.69. The summed E-state index contributed by atoms with van der Waals surface area (Å²) in [4.78, 5) is 20.4. The van der Waals surface area contributed by atoms with Gasteiger partial charge in [-0.15, -0.1) is 0 Å². The van der Waals surface area contributed by atoms with Crippen molar-refractivity contribution in [3.8, 4) is 0 Å². The van der Waals surface area contributed by atoms with Crippen LogP contribution in [0.25, 0.3) is 5.70 Å². The van der Waals surface area contributed by atoms with Crippen molar-refractivity contribution in [3.63, 3.8) is 0 Å². The summed E-state index contributed by atoms with van der Waals surface area (Å²) >= 11 is 0. The predicted octanol–water partition coefficient (Wildman–Crippen LogP) is 4.25. The van der Waals surface area contributed by atoms with Gasteiger partial charge in [0.25, 0.3) is 0 Å². The Kier molecular flexibility index (Phi) is 4.62. The summed E-state index contributed by atoms with van der Waals surface area (Å²) < 4.78 is 0. The van der Waals surface area contributed by atoms with E-state index < -0.39 is 0 Å². The molecule has 2 amide bonds. The summed E-state index contributed by atoms with van der Waals surface area (Å²) in [6.45, 7) is 5.40. The van der Waals surface area contributed by atoms with E-state index in [2.05, 4.69) is 48.1 Å². The monoisotopic (exact) mass is 363 g/mol. The van der Waals surface area contributed by atoms with Crippen molar-refractivity contribution in [2.24, 2.45) is 0 Å². The molecule has 0 saturated carbocycles. The molecule has 2 aliphatic rings. The van der Waals surface area contributed by atoms with Gasteiger partial charge in [0.05, 0.1) is 5.70 Å². The van der Waals surface area contributed by atoms with Gasteiger partial charge >= 0.3 is 6.03 Å². The van der Waals surface area contributed by atoms with Gasteiger partial charge in [0.1, 0.15) is 5.60 Å². The highest BCUT2D eigenvalue weighted by molar-refractivity contribution is 5.90. The number of likely N-dealkylation sites (tertiary alicyclic amines) is 1. The van der Waals surface area contributed by atoms with Gasteiger partial charge in [-0.1, -0.05) is 48.0 Å². The molecule has 5 heteroatoms. The molecule has 2 aromatic carbocycles. The number of rotatable bonds is 2. The van der Waals surface area contributed by atoms with Crippen LogP contribution in [0.1, 0.15) is 29.5 Å². The summed E-state index contributed by atoms with van der Waals surface area (Å²) in [6, 6.07) is 16.2. The molecule has 5 nitrogen and oxygen atoms in total. The Hall–Kier alpha value is -2.79. The predicted molar refractivity (Wildman–Crippen MR) is 107 cm³/mol. The minimum Gasteiger partial charge on any atom is -0.324 e. The second kappa shape index (κ2) is 7.08. The molecule has 0 aliphatic carbocycles. The summed E-state index contributed by atoms with van der Waals surface area (Å²) in [5, 5.41) is 3.01. The van der Waals surface area contributed by atoms with Crippen LogP contribution in [-0.4, -0.2) is 29.6 Å². The molecule has 2 N–H and O–H groups in total. The highest BCUT2D eigenvalue weighted by Gasteiger charge is 2.39. The Morgan fingerprint density at radius 2 is 1.78 bits per heavy atom. The third-order valence-corrected chi connectivity index (χ3v) is 5.42. The molecule has 140 valence electrons. The van der Waals surface area contributed by atoms with Crippen LogP contribution in [0.3, 0.4) is 0 Å². The van der Waals surface area contributed by atoms with Crippen LogP contribution in [0.2, 0.25) is 0 Å². The van der Waals surface area contributed by atoms with E-state index in [1.807, 2.05) is 36.1 Å². The van der Waals surface area contributed by atoms with Crippen molar-refractivity contribution in [1.82, 2.24) is 10.4 Å². The molecular weight excluding hydrogens is 338 g/mol. The zero-order valence-corrected chi connectivity index (χ0v) is 15.8. The molecular formula is C22H25N3O2. The molecule has 1 fully saturated rings. The van der Waals surface area contributed by atoms with Crippen LogP contribution in [0, 0.1) is 13.8 Å². The number of nitrogens with one attached hydrogen (secondary N) is 2. The number of urea groups is 1. The van der Waals surface area contributed by atoms with Crippen LogP contribution in [0.4, 0.5) is 10.5 Å². The first kappa shape index (κ1) is 17.6. The van der Waals surface area contributed by atoms with Crippen LogP contribution >= 0.6 is 0 Å². The molecule has 2 aliphatic heterocycles. The number of hydroxylamine groups is 1. The number of hydrogen-bond acceptors (Lipinski definition) is 3. The maximum absolute atomic E-state index is 12.6. The molecule has 0 aromatic heterocycles. The number of hydrogen-bond donors (Lipinski definition) is 2. The molecule has 0 radical (unpaired) electrons. The summed E-state index contributed by atoms with van der Waals surface area (Å²) in [5.74, 6) is 0. The molecule has 2 aromatic rings. The lowest BCUT2D eigenvalue weighted by atomic mass is 9.90. The first-order valence-corrected chi connectivity index (χ1v) is 9.40. The number of piperidine rings is 1. The van der Waals surface area contributed by atoms with Crippen molar-refractivity contribution in [1.29, 1.82) is 0 Å². The minimum atomic E-state index is -0.334. The zero-order valence-electron chi connectivity index (χ0n) is 15.8. The lowest BCUT2D eigenvalue weighted by Gasteiger charge is -2.36. The molecule has 2 heterocycles. The fourth-order valence-corrected chi connectivity index (χ4v) is 3.60. The molecule has 4 rings (SSSR count). The SMILES string of the molecule is Cc1ccc(C2=CC3(CCN(C(=O)Nc4ccccc4C)CC3)ON2)cc1. The van der Waals surface area contributed by atoms with E-state index in [4.69, 9.17) is 4.84 Å². The molecule has 1 spiro atoms. The number of anilines is 1. The molecule has 0 unspecified atom stereocenters. The first-order chi connectivity index (χ1) is 13.0. The quantitative estimate of drug-likeness (QED) is 0.839. The number of amides is 2. The lowest BCUT2D eigenvalue weighted by molar-refractivity contribution is -0.0634. The maximum Gasteiger partial charge on any atom is 0.321 e. The number of carbonyl (C=O) groups is 1. The number of carbonyl (C=O) groups excluding carboxylic acids is 1. The first-order valence-electron chi connectivity index (χ1n) is 9.40. The van der Waals surface area contributed by atoms with E-state index in [0.717, 1.165) is 35.4 Å². The van der Waals surface area contributed by atoms with Crippen molar-refractivity contribution in [2.75, 3.05) is 18.4 Å². The van der Waals surface area contributed by atoms with Gasteiger partial charge in [-0.25, -0.2) is 4.79 Å². The highest BCUT2D eigenvalue weighted by atomic mass is 16.7. The maximum atomic E-state index is 12.6. The van der Waals surface area contributed by atoms with Crippen LogP contribution in [0.15, 0.2) is 54.6 Å². The van der Waals surface area contributed by atoms with Gasteiger partial charge in [-0.2, -0.15) is 0 Å². The van der Waals surface area contributed by atoms with E-state index in [1.54, 1.807) is 0 Å². The molecule has 27 heavy (non-hydrogen) atoms. The van der Waals surface area contributed by atoms with E-state index in [-0.39, 0.29) is 11.6 Å². The largest absolute Gasteiger partial charge is 0.324 e. The number of nitrogens with zero attached hydrogens (tertiary/aromatic N) is 1. The van der Waals surface area contributed by atoms with Crippen LogP contribution in [-0.2, 0) is 4.84 Å². The van der Waals surface area contributed by atoms with Crippen LogP contribution in [0.5, 0.6) is 0 Å². The van der Waals surface area contributed by atoms with Gasteiger partial charge < -0.3 is 10.2 Å². The van der Waals surface area contributed by atoms with Crippen molar-refractivity contribution < 1.29 is 9.63 Å². The second-order valence-corrected chi connectivity index (χ2v) is 7.43. The Balaban J connectivity index is 1.39. The highest BCUT2D eigenvalue weighted by Crippen LogP contribution is 2.34. The number of aryl methyl sites for hydroxylation is 2. The van der Waals surface area contributed by atoms with Crippen molar-refractivity contribution in [3.05, 3.63) is 71.3 Å². The van der Waals surface area contributed by atoms with Crippen molar-refractivity contribution in [2.45, 2.75) is 32.3 Å². The van der Waals surface area contributed by atoms with Gasteiger partial charge in [0.15, 0.2) is 0 Å². The average Bonchev–Trinajstić information content (AvgIpc) is 3.08. The normalized spacial score (nSPS) is 18.1. The molecule has 1 saturated heterocycles. The fraction of sp³-hybridized carbons (Fsp3) is 0.318. The smallest absolute Gasteiger partial charge is 0.321 e. The van der Waals surface area contributed by atoms with Crippen LogP contribution < -0.4 is 10.8 Å². The van der Waals surface area contributed by atoms with Gasteiger partial charge in [-0.05, 0) is 37.1 Å². The van der Waals surface area contributed by atoms with E-state index in [1.165, 1.54) is 5.56 Å². The van der Waals surface area contributed by atoms with E-state index >= 15 is 0 Å². The van der Waals surface area contributed by atoms with Crippen molar-refractivity contribution >= 4 is 17.4 Å². The van der Waals surface area contributed by atoms with Gasteiger partial charge in [0, 0.05) is 31.6 Å². The topological polar surface area (TPSA) is 53.6 Å². The van der Waals surface area contributed by atoms with E-state index in [0.29, 0.717) is 13.1 Å². The van der Waals surface area contributed by atoms with Gasteiger partial charge in [0.2, 0.25) is 0 Å². The Labute approximate surface area is 160 Å². The molecule has 0 bridgehead atoms. The summed E-state index contributed by atoms with van der Waals surface area (Å²) in [6.07, 6.45) is 3.72. The Morgan fingerprint density at radius 3 is 2.48 bits per heavy atom. The van der Waals surface area contributed by atoms with Gasteiger partial charge in [-0.3, -0.25) is 10.3 Å². The Morgan fingerprint density at radius 1 is 1.07 bits per heavy atom.